The molecule has 0 bridgehead atoms. The largest absolute Gasteiger partial charge is 0.379 e. The van der Waals surface area contributed by atoms with Gasteiger partial charge in [0.2, 0.25) is 0 Å². The van der Waals surface area contributed by atoms with Crippen molar-refractivity contribution in [1.82, 2.24) is 0 Å². The molecule has 1 fully saturated rings. The van der Waals surface area contributed by atoms with Gasteiger partial charge in [0.15, 0.2) is 0 Å². The van der Waals surface area contributed by atoms with E-state index in [2.05, 4.69) is 33.4 Å². The molecule has 2 heterocycles. The van der Waals surface area contributed by atoms with Crippen LogP contribution in [0.2, 0.25) is 0 Å². The van der Waals surface area contributed by atoms with Crippen LogP contribution in [0, 0.1) is 16.7 Å². The SMILES string of the molecule is CC(C)(C#N)C1(c2cc(Br)cs2)COC1. The fraction of sp³-hybridized carbons (Fsp3) is 0.545. The minimum Gasteiger partial charge on any atom is -0.379 e. The fourth-order valence-corrected chi connectivity index (χ4v) is 3.55. The lowest BCUT2D eigenvalue weighted by atomic mass is 9.64. The van der Waals surface area contributed by atoms with Gasteiger partial charge in [-0.05, 0) is 35.8 Å². The van der Waals surface area contributed by atoms with E-state index in [4.69, 9.17) is 4.74 Å². The second kappa shape index (κ2) is 3.58. The normalized spacial score (nSPS) is 19.3. The van der Waals surface area contributed by atoms with E-state index in [0.29, 0.717) is 13.2 Å². The van der Waals surface area contributed by atoms with E-state index in [9.17, 15) is 5.26 Å². The summed E-state index contributed by atoms with van der Waals surface area (Å²) in [5, 5.41) is 11.3. The van der Waals surface area contributed by atoms with Crippen LogP contribution in [0.1, 0.15) is 18.7 Å². The van der Waals surface area contributed by atoms with Crippen LogP contribution in [0.4, 0.5) is 0 Å². The average molecular weight is 286 g/mol. The molecule has 80 valence electrons. The summed E-state index contributed by atoms with van der Waals surface area (Å²) in [6.45, 7) is 5.29. The zero-order valence-corrected chi connectivity index (χ0v) is 11.1. The van der Waals surface area contributed by atoms with Crippen LogP contribution in [0.5, 0.6) is 0 Å². The molecule has 1 saturated heterocycles. The molecule has 1 aromatic rings. The lowest BCUT2D eigenvalue weighted by Crippen LogP contribution is -2.55. The molecule has 0 N–H and O–H groups in total. The molecule has 0 aliphatic carbocycles. The highest BCUT2D eigenvalue weighted by molar-refractivity contribution is 9.10. The summed E-state index contributed by atoms with van der Waals surface area (Å²) in [4.78, 5) is 1.24. The van der Waals surface area contributed by atoms with E-state index in [1.165, 1.54) is 4.88 Å². The van der Waals surface area contributed by atoms with Gasteiger partial charge in [0, 0.05) is 14.7 Å². The van der Waals surface area contributed by atoms with E-state index in [1.54, 1.807) is 11.3 Å². The van der Waals surface area contributed by atoms with Gasteiger partial charge < -0.3 is 4.74 Å². The number of nitrogens with zero attached hydrogens (tertiary/aromatic N) is 1. The lowest BCUT2D eigenvalue weighted by molar-refractivity contribution is -0.100. The average Bonchev–Trinajstić information content (AvgIpc) is 2.50. The molecule has 1 aromatic heterocycles. The zero-order chi connectivity index (χ0) is 11.1. The first kappa shape index (κ1) is 11.1. The van der Waals surface area contributed by atoms with Crippen molar-refractivity contribution in [3.63, 3.8) is 0 Å². The monoisotopic (exact) mass is 285 g/mol. The number of thiophene rings is 1. The summed E-state index contributed by atoms with van der Waals surface area (Å²) in [6, 6.07) is 4.51. The Hall–Kier alpha value is -0.370. The Kier molecular flexibility index (Phi) is 2.66. The van der Waals surface area contributed by atoms with Crippen molar-refractivity contribution in [3.8, 4) is 6.07 Å². The molecule has 0 aromatic carbocycles. The third-order valence-electron chi connectivity index (χ3n) is 3.21. The van der Waals surface area contributed by atoms with Gasteiger partial charge in [0.25, 0.3) is 0 Å². The zero-order valence-electron chi connectivity index (χ0n) is 8.71. The molecular weight excluding hydrogens is 274 g/mol. The standard InChI is InChI=1S/C11H12BrNOS/c1-10(2,5-13)11(6-14-7-11)9-3-8(12)4-15-9/h3-4H,6-7H2,1-2H3. The smallest absolute Gasteiger partial charge is 0.0695 e. The first-order chi connectivity index (χ1) is 7.02. The van der Waals surface area contributed by atoms with Crippen molar-refractivity contribution in [2.45, 2.75) is 19.3 Å². The lowest BCUT2D eigenvalue weighted by Gasteiger charge is -2.48. The molecule has 0 unspecified atom stereocenters. The van der Waals surface area contributed by atoms with Crippen molar-refractivity contribution < 1.29 is 4.74 Å². The number of nitriles is 1. The number of hydrogen-bond acceptors (Lipinski definition) is 3. The predicted molar refractivity (Wildman–Crippen MR) is 63.9 cm³/mol. The Morgan fingerprint density at radius 2 is 2.27 bits per heavy atom. The van der Waals surface area contributed by atoms with Gasteiger partial charge in [0.05, 0.1) is 30.1 Å². The van der Waals surface area contributed by atoms with E-state index < -0.39 is 0 Å². The molecule has 1 aliphatic heterocycles. The predicted octanol–water partition coefficient (Wildman–Crippen LogP) is 3.33. The molecular formula is C11H12BrNOS. The minimum atomic E-state index is -0.379. The fourth-order valence-electron chi connectivity index (χ4n) is 1.79. The topological polar surface area (TPSA) is 33.0 Å². The highest BCUT2D eigenvalue weighted by atomic mass is 79.9. The number of rotatable bonds is 2. The third kappa shape index (κ3) is 1.54. The van der Waals surface area contributed by atoms with E-state index in [-0.39, 0.29) is 10.8 Å². The summed E-state index contributed by atoms with van der Waals surface area (Å²) in [6.07, 6.45) is 0. The maximum Gasteiger partial charge on any atom is 0.0695 e. The van der Waals surface area contributed by atoms with Crippen LogP contribution in [-0.2, 0) is 10.2 Å². The van der Waals surface area contributed by atoms with Gasteiger partial charge in [-0.25, -0.2) is 0 Å². The van der Waals surface area contributed by atoms with Gasteiger partial charge >= 0.3 is 0 Å². The van der Waals surface area contributed by atoms with Crippen molar-refractivity contribution in [1.29, 1.82) is 5.26 Å². The summed E-state index contributed by atoms with van der Waals surface area (Å²) < 4.78 is 6.42. The molecule has 0 saturated carbocycles. The Bertz CT molecular complexity index is 414. The van der Waals surface area contributed by atoms with Crippen molar-refractivity contribution >= 4 is 27.3 Å². The van der Waals surface area contributed by atoms with Crippen LogP contribution >= 0.6 is 27.3 Å². The molecule has 1 aliphatic rings. The Labute approximate surface area is 102 Å². The van der Waals surface area contributed by atoms with Crippen molar-refractivity contribution in [2.75, 3.05) is 13.2 Å². The second-order valence-electron chi connectivity index (χ2n) is 4.44. The maximum absolute atomic E-state index is 9.25. The number of halogens is 1. The first-order valence-corrected chi connectivity index (χ1v) is 6.43. The van der Waals surface area contributed by atoms with Crippen molar-refractivity contribution in [2.24, 2.45) is 5.41 Å². The van der Waals surface area contributed by atoms with Crippen molar-refractivity contribution in [3.05, 3.63) is 20.8 Å². The first-order valence-electron chi connectivity index (χ1n) is 4.75. The van der Waals surface area contributed by atoms with E-state index in [1.807, 2.05) is 13.8 Å². The molecule has 0 atom stereocenters. The third-order valence-corrected chi connectivity index (χ3v) is 5.11. The molecule has 2 nitrogen and oxygen atoms in total. The molecule has 2 rings (SSSR count). The molecule has 0 spiro atoms. The van der Waals surface area contributed by atoms with Gasteiger partial charge in [-0.2, -0.15) is 5.26 Å². The van der Waals surface area contributed by atoms with Crippen LogP contribution in [0.15, 0.2) is 15.9 Å². The summed E-state index contributed by atoms with van der Waals surface area (Å²) in [7, 11) is 0. The van der Waals surface area contributed by atoms with Gasteiger partial charge in [-0.15, -0.1) is 11.3 Å². The van der Waals surface area contributed by atoms with Crippen LogP contribution in [0.3, 0.4) is 0 Å². The quantitative estimate of drug-likeness (QED) is 0.835. The second-order valence-corrected chi connectivity index (χ2v) is 6.27. The minimum absolute atomic E-state index is 0.113. The summed E-state index contributed by atoms with van der Waals surface area (Å²) in [5.41, 5.74) is -0.492. The van der Waals surface area contributed by atoms with Gasteiger partial charge in [-0.1, -0.05) is 0 Å². The maximum atomic E-state index is 9.25. The summed E-state index contributed by atoms with van der Waals surface area (Å²) >= 11 is 5.15. The molecule has 0 amide bonds. The van der Waals surface area contributed by atoms with E-state index in [0.717, 1.165) is 4.47 Å². The van der Waals surface area contributed by atoms with E-state index >= 15 is 0 Å². The number of ether oxygens (including phenoxy) is 1. The van der Waals surface area contributed by atoms with Crippen LogP contribution in [-0.4, -0.2) is 13.2 Å². The molecule has 15 heavy (non-hydrogen) atoms. The van der Waals surface area contributed by atoms with Crippen LogP contribution < -0.4 is 0 Å². The van der Waals surface area contributed by atoms with Gasteiger partial charge in [-0.3, -0.25) is 0 Å². The Morgan fingerprint density at radius 1 is 1.60 bits per heavy atom. The van der Waals surface area contributed by atoms with Crippen LogP contribution in [0.25, 0.3) is 0 Å². The van der Waals surface area contributed by atoms with Gasteiger partial charge in [0.1, 0.15) is 0 Å². The summed E-state index contributed by atoms with van der Waals surface area (Å²) in [5.74, 6) is 0. The number of hydrogen-bond donors (Lipinski definition) is 0. The molecule has 4 heteroatoms. The molecule has 0 radical (unpaired) electrons. The highest BCUT2D eigenvalue weighted by Gasteiger charge is 2.53. The Balaban J connectivity index is 2.43. The highest BCUT2D eigenvalue weighted by Crippen LogP contribution is 2.49. The Morgan fingerprint density at radius 3 is 2.60 bits per heavy atom.